The van der Waals surface area contributed by atoms with Crippen LogP contribution in [0.5, 0.6) is 5.75 Å². The summed E-state index contributed by atoms with van der Waals surface area (Å²) < 4.78 is 5.43. The molecule has 0 atom stereocenters. The topological polar surface area (TPSA) is 72.5 Å². The zero-order valence-corrected chi connectivity index (χ0v) is 10.6. The molecule has 0 amide bonds. The highest BCUT2D eigenvalue weighted by Crippen LogP contribution is 2.27. The lowest BCUT2D eigenvalue weighted by Gasteiger charge is -2.26. The number of benzene rings is 1. The average Bonchev–Trinajstić information content (AvgIpc) is 2.35. The fraction of sp³-hybridized carbons (Fsp3) is 0.500. The highest BCUT2D eigenvalue weighted by Gasteiger charge is 2.22. The smallest absolute Gasteiger partial charge is 0.338 e. The van der Waals surface area contributed by atoms with Crippen LogP contribution < -0.4 is 5.73 Å². The van der Waals surface area contributed by atoms with Crippen molar-refractivity contribution in [2.24, 2.45) is 5.92 Å². The third-order valence-electron chi connectivity index (χ3n) is 3.50. The van der Waals surface area contributed by atoms with Gasteiger partial charge in [0.2, 0.25) is 0 Å². The van der Waals surface area contributed by atoms with Gasteiger partial charge in [-0.2, -0.15) is 0 Å². The summed E-state index contributed by atoms with van der Waals surface area (Å²) in [4.78, 5) is 11.9. The number of hydrogen-bond acceptors (Lipinski definition) is 4. The van der Waals surface area contributed by atoms with E-state index in [2.05, 4.69) is 6.92 Å². The number of carbonyl (C=O) groups excluding carboxylic acids is 1. The zero-order chi connectivity index (χ0) is 13.1. The van der Waals surface area contributed by atoms with Crippen LogP contribution >= 0.6 is 0 Å². The van der Waals surface area contributed by atoms with E-state index in [9.17, 15) is 9.90 Å². The zero-order valence-electron chi connectivity index (χ0n) is 10.6. The number of nitrogen functional groups attached to an aromatic ring is 1. The molecule has 2 rings (SSSR count). The molecule has 1 fully saturated rings. The quantitative estimate of drug-likeness (QED) is 0.480. The second kappa shape index (κ2) is 5.29. The van der Waals surface area contributed by atoms with Gasteiger partial charge in [-0.25, -0.2) is 4.79 Å². The molecule has 98 valence electrons. The van der Waals surface area contributed by atoms with Crippen LogP contribution in [-0.2, 0) is 4.74 Å². The van der Waals surface area contributed by atoms with E-state index in [0.29, 0.717) is 5.56 Å². The molecule has 0 unspecified atom stereocenters. The maximum Gasteiger partial charge on any atom is 0.338 e. The molecule has 0 heterocycles. The monoisotopic (exact) mass is 249 g/mol. The number of phenolic OH excluding ortho intramolecular Hbond substituents is 1. The SMILES string of the molecule is CC1CCC(OC(=O)c2ccc(N)c(O)c2)CC1. The number of hydrogen-bond donors (Lipinski definition) is 2. The van der Waals surface area contributed by atoms with Crippen molar-refractivity contribution in [3.63, 3.8) is 0 Å². The van der Waals surface area contributed by atoms with Crippen LogP contribution in [0.15, 0.2) is 18.2 Å². The van der Waals surface area contributed by atoms with E-state index >= 15 is 0 Å². The van der Waals surface area contributed by atoms with Gasteiger partial charge in [0.1, 0.15) is 11.9 Å². The predicted molar refractivity (Wildman–Crippen MR) is 69.4 cm³/mol. The van der Waals surface area contributed by atoms with Gasteiger partial charge in [-0.1, -0.05) is 6.92 Å². The van der Waals surface area contributed by atoms with Crippen LogP contribution in [-0.4, -0.2) is 17.2 Å². The highest BCUT2D eigenvalue weighted by atomic mass is 16.5. The Morgan fingerprint density at radius 1 is 1.33 bits per heavy atom. The second-order valence-corrected chi connectivity index (χ2v) is 5.06. The molecule has 1 aromatic rings. The lowest BCUT2D eigenvalue weighted by molar-refractivity contribution is 0.0173. The first-order chi connectivity index (χ1) is 8.56. The molecule has 3 N–H and O–H groups in total. The molecule has 0 bridgehead atoms. The Labute approximate surface area is 107 Å². The summed E-state index contributed by atoms with van der Waals surface area (Å²) in [5.41, 5.74) is 6.10. The minimum absolute atomic E-state index is 0.00777. The third-order valence-corrected chi connectivity index (χ3v) is 3.50. The van der Waals surface area contributed by atoms with Crippen molar-refractivity contribution in [3.05, 3.63) is 23.8 Å². The van der Waals surface area contributed by atoms with Crippen LogP contribution in [0.1, 0.15) is 43.0 Å². The minimum Gasteiger partial charge on any atom is -0.506 e. The Morgan fingerprint density at radius 2 is 2.00 bits per heavy atom. The molecular formula is C14H19NO3. The number of ether oxygens (including phenoxy) is 1. The third kappa shape index (κ3) is 2.94. The van der Waals surface area contributed by atoms with Gasteiger partial charge in [0.05, 0.1) is 11.3 Å². The molecule has 0 aliphatic heterocycles. The first-order valence-corrected chi connectivity index (χ1v) is 6.35. The predicted octanol–water partition coefficient (Wildman–Crippen LogP) is 2.71. The van der Waals surface area contributed by atoms with E-state index in [1.54, 1.807) is 6.07 Å². The van der Waals surface area contributed by atoms with E-state index in [1.807, 2.05) is 0 Å². The summed E-state index contributed by atoms with van der Waals surface area (Å²) in [5, 5.41) is 9.46. The number of esters is 1. The Morgan fingerprint density at radius 3 is 2.61 bits per heavy atom. The molecule has 0 radical (unpaired) electrons. The van der Waals surface area contributed by atoms with Crippen LogP contribution in [0.4, 0.5) is 5.69 Å². The average molecular weight is 249 g/mol. The number of phenols is 1. The summed E-state index contributed by atoms with van der Waals surface area (Å²) in [7, 11) is 0. The van der Waals surface area contributed by atoms with E-state index in [4.69, 9.17) is 10.5 Å². The van der Waals surface area contributed by atoms with Gasteiger partial charge >= 0.3 is 5.97 Å². The summed E-state index contributed by atoms with van der Waals surface area (Å²) in [6.45, 7) is 2.22. The maximum atomic E-state index is 11.9. The molecule has 4 nitrogen and oxygen atoms in total. The Bertz CT molecular complexity index is 437. The molecule has 0 saturated heterocycles. The number of nitrogens with two attached hydrogens (primary N) is 1. The summed E-state index contributed by atoms with van der Waals surface area (Å²) >= 11 is 0. The van der Waals surface area contributed by atoms with Crippen molar-refractivity contribution < 1.29 is 14.6 Å². The number of carbonyl (C=O) groups is 1. The number of aromatic hydroxyl groups is 1. The summed E-state index contributed by atoms with van der Waals surface area (Å²) in [5.74, 6) is 0.257. The minimum atomic E-state index is -0.384. The van der Waals surface area contributed by atoms with Crippen molar-refractivity contribution in [2.45, 2.75) is 38.7 Å². The molecule has 1 aliphatic rings. The van der Waals surface area contributed by atoms with Gasteiger partial charge in [0.15, 0.2) is 0 Å². The first-order valence-electron chi connectivity index (χ1n) is 6.35. The van der Waals surface area contributed by atoms with E-state index in [0.717, 1.165) is 31.6 Å². The van der Waals surface area contributed by atoms with E-state index in [-0.39, 0.29) is 23.5 Å². The van der Waals surface area contributed by atoms with Gasteiger partial charge < -0.3 is 15.6 Å². The highest BCUT2D eigenvalue weighted by molar-refractivity contribution is 5.90. The van der Waals surface area contributed by atoms with Crippen molar-refractivity contribution in [1.29, 1.82) is 0 Å². The standard InChI is InChI=1S/C14H19NO3/c1-9-2-5-11(6-3-9)18-14(17)10-4-7-12(15)13(16)8-10/h4,7-9,11,16H,2-3,5-6,15H2,1H3. The van der Waals surface area contributed by atoms with Crippen LogP contribution in [0.3, 0.4) is 0 Å². The fourth-order valence-electron chi connectivity index (χ4n) is 2.24. The molecule has 1 aromatic carbocycles. The van der Waals surface area contributed by atoms with Crippen LogP contribution in [0, 0.1) is 5.92 Å². The summed E-state index contributed by atoms with van der Waals surface area (Å²) in [6.07, 6.45) is 4.06. The van der Waals surface area contributed by atoms with E-state index in [1.165, 1.54) is 12.1 Å². The van der Waals surface area contributed by atoms with Crippen LogP contribution in [0.2, 0.25) is 0 Å². The van der Waals surface area contributed by atoms with Gasteiger partial charge in [-0.05, 0) is 49.8 Å². The van der Waals surface area contributed by atoms with Crippen molar-refractivity contribution >= 4 is 11.7 Å². The molecule has 4 heteroatoms. The molecule has 18 heavy (non-hydrogen) atoms. The molecule has 0 spiro atoms. The molecule has 0 aromatic heterocycles. The first kappa shape index (κ1) is 12.7. The molecule has 1 saturated carbocycles. The van der Waals surface area contributed by atoms with Crippen molar-refractivity contribution in [3.8, 4) is 5.75 Å². The fourth-order valence-corrected chi connectivity index (χ4v) is 2.24. The Hall–Kier alpha value is -1.71. The lowest BCUT2D eigenvalue weighted by atomic mass is 9.89. The largest absolute Gasteiger partial charge is 0.506 e. The second-order valence-electron chi connectivity index (χ2n) is 5.06. The Kier molecular flexibility index (Phi) is 3.75. The van der Waals surface area contributed by atoms with E-state index < -0.39 is 0 Å². The maximum absolute atomic E-state index is 11.9. The normalized spacial score (nSPS) is 23.6. The molecular weight excluding hydrogens is 230 g/mol. The van der Waals surface area contributed by atoms with Crippen molar-refractivity contribution in [2.75, 3.05) is 5.73 Å². The lowest BCUT2D eigenvalue weighted by Crippen LogP contribution is -2.23. The van der Waals surface area contributed by atoms with Crippen molar-refractivity contribution in [1.82, 2.24) is 0 Å². The summed E-state index contributed by atoms with van der Waals surface area (Å²) in [6, 6.07) is 4.43. The number of anilines is 1. The van der Waals surface area contributed by atoms with Crippen LogP contribution in [0.25, 0.3) is 0 Å². The number of rotatable bonds is 2. The van der Waals surface area contributed by atoms with Gasteiger partial charge in [-0.15, -0.1) is 0 Å². The van der Waals surface area contributed by atoms with Gasteiger partial charge in [0, 0.05) is 0 Å². The van der Waals surface area contributed by atoms with Gasteiger partial charge in [0.25, 0.3) is 0 Å². The molecule has 1 aliphatic carbocycles. The Balaban J connectivity index is 1.97. The van der Waals surface area contributed by atoms with Gasteiger partial charge in [-0.3, -0.25) is 0 Å².